The highest BCUT2D eigenvalue weighted by Gasteiger charge is 2.50. The fraction of sp³-hybridized carbons (Fsp3) is 0.643. The summed E-state index contributed by atoms with van der Waals surface area (Å²) in [5.41, 5.74) is -0.574. The molecule has 1 aliphatic heterocycles. The number of hydrogen-bond acceptors (Lipinski definition) is 6. The fourth-order valence-corrected chi connectivity index (χ4v) is 3.60. The zero-order valence-corrected chi connectivity index (χ0v) is 14.0. The van der Waals surface area contributed by atoms with Gasteiger partial charge in [-0.2, -0.15) is 0 Å². The maximum absolute atomic E-state index is 12.8. The maximum atomic E-state index is 12.8. The SMILES string of the molecule is CCNc1nc(C(=O)N2CCCC2(COC)C(=O)NC)cs1. The average molecular weight is 326 g/mol. The Morgan fingerprint density at radius 2 is 2.32 bits per heavy atom. The van der Waals surface area contributed by atoms with E-state index in [-0.39, 0.29) is 18.4 Å². The molecule has 0 bridgehead atoms. The van der Waals surface area contributed by atoms with E-state index in [4.69, 9.17) is 4.74 Å². The van der Waals surface area contributed by atoms with Crippen LogP contribution in [0.3, 0.4) is 0 Å². The van der Waals surface area contributed by atoms with Crippen molar-refractivity contribution < 1.29 is 14.3 Å². The Morgan fingerprint density at radius 3 is 2.95 bits per heavy atom. The predicted octanol–water partition coefficient (Wildman–Crippen LogP) is 0.942. The Hall–Kier alpha value is -1.67. The zero-order valence-electron chi connectivity index (χ0n) is 13.1. The van der Waals surface area contributed by atoms with Gasteiger partial charge in [0.05, 0.1) is 6.61 Å². The lowest BCUT2D eigenvalue weighted by Crippen LogP contribution is -2.59. The number of rotatable bonds is 6. The molecule has 0 aromatic carbocycles. The Balaban J connectivity index is 2.27. The van der Waals surface area contributed by atoms with Crippen molar-refractivity contribution in [1.82, 2.24) is 15.2 Å². The molecule has 1 fully saturated rings. The number of carbonyl (C=O) groups excluding carboxylic acids is 2. The molecule has 1 aromatic heterocycles. The number of likely N-dealkylation sites (tertiary alicyclic amines) is 1. The molecule has 0 aliphatic carbocycles. The van der Waals surface area contributed by atoms with Crippen LogP contribution in [-0.4, -0.2) is 61.1 Å². The van der Waals surface area contributed by atoms with E-state index in [9.17, 15) is 9.59 Å². The quantitative estimate of drug-likeness (QED) is 0.813. The minimum atomic E-state index is -0.942. The number of amides is 2. The van der Waals surface area contributed by atoms with E-state index >= 15 is 0 Å². The van der Waals surface area contributed by atoms with Gasteiger partial charge in [0, 0.05) is 32.6 Å². The molecule has 22 heavy (non-hydrogen) atoms. The van der Waals surface area contributed by atoms with Crippen LogP contribution in [0.5, 0.6) is 0 Å². The summed E-state index contributed by atoms with van der Waals surface area (Å²) in [6.45, 7) is 3.43. The van der Waals surface area contributed by atoms with Gasteiger partial charge in [-0.3, -0.25) is 9.59 Å². The average Bonchev–Trinajstić information content (AvgIpc) is 3.14. The topological polar surface area (TPSA) is 83.6 Å². The van der Waals surface area contributed by atoms with Crippen molar-refractivity contribution >= 4 is 28.3 Å². The van der Waals surface area contributed by atoms with Crippen molar-refractivity contribution in [2.75, 3.05) is 39.2 Å². The number of nitrogens with one attached hydrogen (secondary N) is 2. The summed E-state index contributed by atoms with van der Waals surface area (Å²) in [6, 6.07) is 0. The Bertz CT molecular complexity index is 548. The van der Waals surface area contributed by atoms with Gasteiger partial charge in [0.1, 0.15) is 11.2 Å². The molecule has 0 spiro atoms. The van der Waals surface area contributed by atoms with Crippen LogP contribution >= 0.6 is 11.3 Å². The molecule has 7 nitrogen and oxygen atoms in total. The number of likely N-dealkylation sites (N-methyl/N-ethyl adjacent to an activating group) is 1. The Kier molecular flexibility index (Phi) is 5.36. The van der Waals surface area contributed by atoms with Crippen molar-refractivity contribution in [3.8, 4) is 0 Å². The molecular formula is C14H22N4O3S. The minimum absolute atomic E-state index is 0.183. The van der Waals surface area contributed by atoms with E-state index in [0.717, 1.165) is 13.0 Å². The fourth-order valence-electron chi connectivity index (χ4n) is 2.84. The molecule has 1 atom stereocenters. The first-order valence-electron chi connectivity index (χ1n) is 7.31. The summed E-state index contributed by atoms with van der Waals surface area (Å²) < 4.78 is 5.23. The monoisotopic (exact) mass is 326 g/mol. The van der Waals surface area contributed by atoms with Crippen LogP contribution in [0.15, 0.2) is 5.38 Å². The number of aromatic nitrogens is 1. The molecule has 2 rings (SSSR count). The van der Waals surface area contributed by atoms with Crippen LogP contribution in [0.2, 0.25) is 0 Å². The molecule has 2 N–H and O–H groups in total. The third-order valence-electron chi connectivity index (χ3n) is 3.82. The summed E-state index contributed by atoms with van der Waals surface area (Å²) in [6.07, 6.45) is 1.36. The van der Waals surface area contributed by atoms with Crippen molar-refractivity contribution in [2.45, 2.75) is 25.3 Å². The van der Waals surface area contributed by atoms with Gasteiger partial charge in [-0.05, 0) is 19.8 Å². The second kappa shape index (κ2) is 7.06. The number of nitrogens with zero attached hydrogens (tertiary/aromatic N) is 2. The molecule has 0 radical (unpaired) electrons. The van der Waals surface area contributed by atoms with Gasteiger partial charge < -0.3 is 20.3 Å². The van der Waals surface area contributed by atoms with E-state index in [1.807, 2.05) is 6.92 Å². The van der Waals surface area contributed by atoms with Crippen molar-refractivity contribution in [3.63, 3.8) is 0 Å². The van der Waals surface area contributed by atoms with Gasteiger partial charge >= 0.3 is 0 Å². The summed E-state index contributed by atoms with van der Waals surface area (Å²) in [5.74, 6) is -0.416. The van der Waals surface area contributed by atoms with E-state index < -0.39 is 5.54 Å². The molecule has 8 heteroatoms. The van der Waals surface area contributed by atoms with Crippen LogP contribution < -0.4 is 10.6 Å². The van der Waals surface area contributed by atoms with E-state index in [1.54, 1.807) is 17.3 Å². The second-order valence-electron chi connectivity index (χ2n) is 5.17. The van der Waals surface area contributed by atoms with Gasteiger partial charge in [0.15, 0.2) is 5.13 Å². The lowest BCUT2D eigenvalue weighted by molar-refractivity contribution is -0.133. The number of hydrogen-bond donors (Lipinski definition) is 2. The largest absolute Gasteiger partial charge is 0.382 e. The van der Waals surface area contributed by atoms with Crippen LogP contribution in [0.25, 0.3) is 0 Å². The lowest BCUT2D eigenvalue weighted by atomic mass is 9.95. The highest BCUT2D eigenvalue weighted by Crippen LogP contribution is 2.32. The number of carbonyl (C=O) groups is 2. The van der Waals surface area contributed by atoms with Gasteiger partial charge in [0.25, 0.3) is 5.91 Å². The molecule has 1 aromatic rings. The second-order valence-corrected chi connectivity index (χ2v) is 6.03. The summed E-state index contributed by atoms with van der Waals surface area (Å²) >= 11 is 1.39. The molecule has 122 valence electrons. The first kappa shape index (κ1) is 16.7. The molecule has 1 saturated heterocycles. The van der Waals surface area contributed by atoms with Gasteiger partial charge in [-0.1, -0.05) is 0 Å². The number of ether oxygens (including phenoxy) is 1. The van der Waals surface area contributed by atoms with Gasteiger partial charge in [-0.15, -0.1) is 11.3 Å². The van der Waals surface area contributed by atoms with Crippen molar-refractivity contribution in [3.05, 3.63) is 11.1 Å². The summed E-state index contributed by atoms with van der Waals surface area (Å²) in [4.78, 5) is 31.0. The highest BCUT2D eigenvalue weighted by molar-refractivity contribution is 7.13. The number of methoxy groups -OCH3 is 1. The van der Waals surface area contributed by atoms with Gasteiger partial charge in [0.2, 0.25) is 5.91 Å². The van der Waals surface area contributed by atoms with E-state index in [0.29, 0.717) is 23.8 Å². The smallest absolute Gasteiger partial charge is 0.274 e. The highest BCUT2D eigenvalue weighted by atomic mass is 32.1. The van der Waals surface area contributed by atoms with Crippen LogP contribution in [0.4, 0.5) is 5.13 Å². The number of thiazole rings is 1. The van der Waals surface area contributed by atoms with Crippen molar-refractivity contribution in [2.24, 2.45) is 0 Å². The predicted molar refractivity (Wildman–Crippen MR) is 85.2 cm³/mol. The number of anilines is 1. The first-order valence-corrected chi connectivity index (χ1v) is 8.19. The molecule has 1 unspecified atom stereocenters. The van der Waals surface area contributed by atoms with Crippen molar-refractivity contribution in [1.29, 1.82) is 0 Å². The minimum Gasteiger partial charge on any atom is -0.382 e. The first-order chi connectivity index (χ1) is 10.6. The zero-order chi connectivity index (χ0) is 16.2. The molecule has 1 aliphatic rings. The molecule has 2 amide bonds. The van der Waals surface area contributed by atoms with Gasteiger partial charge in [-0.25, -0.2) is 4.98 Å². The summed E-state index contributed by atoms with van der Waals surface area (Å²) in [7, 11) is 3.12. The normalized spacial score (nSPS) is 21.0. The Morgan fingerprint density at radius 1 is 1.55 bits per heavy atom. The molecular weight excluding hydrogens is 304 g/mol. The van der Waals surface area contributed by atoms with E-state index in [2.05, 4.69) is 15.6 Å². The van der Waals surface area contributed by atoms with Crippen LogP contribution in [-0.2, 0) is 9.53 Å². The third kappa shape index (κ3) is 2.93. The summed E-state index contributed by atoms with van der Waals surface area (Å²) in [5, 5.41) is 8.17. The van der Waals surface area contributed by atoms with Crippen LogP contribution in [0.1, 0.15) is 30.3 Å². The van der Waals surface area contributed by atoms with Crippen LogP contribution in [0, 0.1) is 0 Å². The lowest BCUT2D eigenvalue weighted by Gasteiger charge is -2.35. The van der Waals surface area contributed by atoms with E-state index in [1.165, 1.54) is 18.4 Å². The molecule has 2 heterocycles. The Labute approximate surface area is 134 Å². The molecule has 0 saturated carbocycles. The third-order valence-corrected chi connectivity index (χ3v) is 4.62. The maximum Gasteiger partial charge on any atom is 0.274 e. The standard InChI is InChI=1S/C14H22N4O3S/c1-4-16-13-17-10(8-22-13)11(19)18-7-5-6-14(18,9-21-3)12(20)15-2/h8H,4-7,9H2,1-3H3,(H,15,20)(H,16,17).